The second kappa shape index (κ2) is 5.77. The molecule has 0 saturated carbocycles. The Morgan fingerprint density at radius 2 is 2.11 bits per heavy atom. The Balaban J connectivity index is 2.19. The van der Waals surface area contributed by atoms with Gasteiger partial charge in [-0.2, -0.15) is 0 Å². The van der Waals surface area contributed by atoms with E-state index in [0.29, 0.717) is 24.4 Å². The minimum Gasteiger partial charge on any atom is -0.346 e. The van der Waals surface area contributed by atoms with Gasteiger partial charge in [-0.3, -0.25) is 0 Å². The van der Waals surface area contributed by atoms with Crippen LogP contribution in [-0.4, -0.2) is 43.1 Å². The summed E-state index contributed by atoms with van der Waals surface area (Å²) in [6, 6.07) is 0.618. The highest BCUT2D eigenvalue weighted by Gasteiger charge is 2.32. The summed E-state index contributed by atoms with van der Waals surface area (Å²) >= 11 is 1.77. The molecule has 1 aromatic heterocycles. The summed E-state index contributed by atoms with van der Waals surface area (Å²) in [6.07, 6.45) is 0. The summed E-state index contributed by atoms with van der Waals surface area (Å²) in [5.74, 6) is 1.14. The largest absolute Gasteiger partial charge is 0.346 e. The van der Waals surface area contributed by atoms with Crippen molar-refractivity contribution < 1.29 is 0 Å². The molecule has 1 aliphatic heterocycles. The van der Waals surface area contributed by atoms with Crippen LogP contribution in [0.15, 0.2) is 0 Å². The molecule has 0 spiro atoms. The number of likely N-dealkylation sites (N-methyl/N-ethyl adjacent to an activating group) is 1. The van der Waals surface area contributed by atoms with Crippen molar-refractivity contribution in [1.82, 2.24) is 9.88 Å². The number of hydrogen-bond donors (Lipinski definition) is 1. The molecule has 1 fully saturated rings. The van der Waals surface area contributed by atoms with E-state index in [1.165, 1.54) is 10.6 Å². The number of thiazole rings is 1. The fraction of sp³-hybridized carbons (Fsp3) is 0.786. The number of aromatic nitrogens is 1. The quantitative estimate of drug-likeness (QED) is 0.919. The first-order valence-electron chi connectivity index (χ1n) is 7.05. The van der Waals surface area contributed by atoms with Gasteiger partial charge in [0.05, 0.1) is 5.69 Å². The Hall–Kier alpha value is -0.650. The van der Waals surface area contributed by atoms with Gasteiger partial charge in [-0.15, -0.1) is 11.3 Å². The summed E-state index contributed by atoms with van der Waals surface area (Å²) in [7, 11) is 4.33. The average molecular weight is 282 g/mol. The molecular formula is C14H26N4S. The highest BCUT2D eigenvalue weighted by molar-refractivity contribution is 7.15. The third-order valence-electron chi connectivity index (χ3n) is 3.96. The molecule has 4 nitrogen and oxygen atoms in total. The van der Waals surface area contributed by atoms with Gasteiger partial charge in [0.1, 0.15) is 0 Å². The number of hydrogen-bond acceptors (Lipinski definition) is 5. The second-order valence-corrected chi connectivity index (χ2v) is 7.14. The molecule has 1 aliphatic rings. The van der Waals surface area contributed by atoms with Crippen LogP contribution in [0.5, 0.6) is 0 Å². The fourth-order valence-corrected chi connectivity index (χ4v) is 3.97. The minimum atomic E-state index is 0.452. The Morgan fingerprint density at radius 3 is 2.53 bits per heavy atom. The van der Waals surface area contributed by atoms with Gasteiger partial charge in [-0.25, -0.2) is 4.98 Å². The molecule has 0 aromatic carbocycles. The zero-order chi connectivity index (χ0) is 14.2. The van der Waals surface area contributed by atoms with Gasteiger partial charge in [0, 0.05) is 30.6 Å². The van der Waals surface area contributed by atoms with Crippen molar-refractivity contribution in [3.8, 4) is 0 Å². The maximum atomic E-state index is 5.85. The van der Waals surface area contributed by atoms with Crippen LogP contribution in [0, 0.1) is 5.92 Å². The van der Waals surface area contributed by atoms with E-state index in [1.807, 2.05) is 0 Å². The molecule has 0 bridgehead atoms. The molecule has 108 valence electrons. The van der Waals surface area contributed by atoms with Crippen LogP contribution >= 0.6 is 11.3 Å². The summed E-state index contributed by atoms with van der Waals surface area (Å²) in [6.45, 7) is 9.47. The van der Waals surface area contributed by atoms with Crippen molar-refractivity contribution >= 4 is 16.5 Å². The number of nitrogens with zero attached hydrogens (tertiary/aromatic N) is 3. The van der Waals surface area contributed by atoms with Gasteiger partial charge < -0.3 is 15.5 Å². The topological polar surface area (TPSA) is 45.4 Å². The van der Waals surface area contributed by atoms with E-state index in [0.717, 1.165) is 18.2 Å². The predicted molar refractivity (Wildman–Crippen MR) is 82.9 cm³/mol. The third kappa shape index (κ3) is 2.93. The van der Waals surface area contributed by atoms with E-state index >= 15 is 0 Å². The summed E-state index contributed by atoms with van der Waals surface area (Å²) < 4.78 is 0. The molecule has 2 rings (SSSR count). The van der Waals surface area contributed by atoms with E-state index < -0.39 is 0 Å². The Bertz CT molecular complexity index is 427. The molecule has 2 unspecified atom stereocenters. The second-order valence-electron chi connectivity index (χ2n) is 6.08. The van der Waals surface area contributed by atoms with Gasteiger partial charge >= 0.3 is 0 Å². The van der Waals surface area contributed by atoms with Gasteiger partial charge in [-0.1, -0.05) is 20.8 Å². The van der Waals surface area contributed by atoms with Crippen LogP contribution in [-0.2, 0) is 6.54 Å². The molecule has 5 heteroatoms. The highest BCUT2D eigenvalue weighted by Crippen LogP contribution is 2.33. The molecule has 0 amide bonds. The number of nitrogens with two attached hydrogens (primary N) is 1. The van der Waals surface area contributed by atoms with Crippen LogP contribution in [0.2, 0.25) is 0 Å². The lowest BCUT2D eigenvalue weighted by Gasteiger charge is -2.22. The first kappa shape index (κ1) is 14.8. The smallest absolute Gasteiger partial charge is 0.185 e. The molecule has 2 N–H and O–H groups in total. The van der Waals surface area contributed by atoms with Crippen molar-refractivity contribution in [2.24, 2.45) is 11.7 Å². The van der Waals surface area contributed by atoms with Gasteiger partial charge in [-0.05, 0) is 25.9 Å². The molecule has 1 saturated heterocycles. The monoisotopic (exact) mass is 282 g/mol. The van der Waals surface area contributed by atoms with Gasteiger partial charge in [0.2, 0.25) is 0 Å². The maximum absolute atomic E-state index is 5.85. The maximum Gasteiger partial charge on any atom is 0.185 e. The SMILES string of the molecule is CC(C)c1nc(N2CC(C)C(N(C)C)C2)sc1CN. The van der Waals surface area contributed by atoms with E-state index in [-0.39, 0.29) is 0 Å². The van der Waals surface area contributed by atoms with E-state index in [4.69, 9.17) is 10.7 Å². The predicted octanol–water partition coefficient (Wildman–Crippen LogP) is 2.11. The lowest BCUT2D eigenvalue weighted by molar-refractivity contribution is 0.266. The minimum absolute atomic E-state index is 0.452. The van der Waals surface area contributed by atoms with Crippen LogP contribution in [0.25, 0.3) is 0 Å². The number of rotatable bonds is 4. The van der Waals surface area contributed by atoms with Crippen molar-refractivity contribution in [2.75, 3.05) is 32.1 Å². The van der Waals surface area contributed by atoms with Crippen molar-refractivity contribution in [3.05, 3.63) is 10.6 Å². The lowest BCUT2D eigenvalue weighted by Crippen LogP contribution is -2.34. The molecule has 2 heterocycles. The average Bonchev–Trinajstić information content (AvgIpc) is 2.91. The lowest BCUT2D eigenvalue weighted by atomic mass is 10.1. The van der Waals surface area contributed by atoms with Gasteiger partial charge in [0.15, 0.2) is 5.13 Å². The normalized spacial score (nSPS) is 23.9. The van der Waals surface area contributed by atoms with E-state index in [1.54, 1.807) is 11.3 Å². The molecule has 0 radical (unpaired) electrons. The van der Waals surface area contributed by atoms with Crippen LogP contribution < -0.4 is 10.6 Å². The summed E-state index contributed by atoms with van der Waals surface area (Å²) in [4.78, 5) is 10.8. The van der Waals surface area contributed by atoms with Crippen molar-refractivity contribution in [1.29, 1.82) is 0 Å². The van der Waals surface area contributed by atoms with Crippen LogP contribution in [0.3, 0.4) is 0 Å². The van der Waals surface area contributed by atoms with Gasteiger partial charge in [0.25, 0.3) is 0 Å². The first-order valence-corrected chi connectivity index (χ1v) is 7.86. The van der Waals surface area contributed by atoms with Crippen molar-refractivity contribution in [2.45, 2.75) is 39.3 Å². The third-order valence-corrected chi connectivity index (χ3v) is 5.11. The zero-order valence-electron chi connectivity index (χ0n) is 12.7. The Morgan fingerprint density at radius 1 is 1.42 bits per heavy atom. The molecule has 0 aliphatic carbocycles. The fourth-order valence-electron chi connectivity index (χ4n) is 2.86. The standard InChI is InChI=1S/C14H26N4S/c1-9(2)13-12(6-15)19-14(16-13)18-7-10(3)11(8-18)17(4)5/h9-11H,6-8,15H2,1-5H3. The Labute approximate surface area is 120 Å². The molecular weight excluding hydrogens is 256 g/mol. The highest BCUT2D eigenvalue weighted by atomic mass is 32.1. The summed E-state index contributed by atoms with van der Waals surface area (Å²) in [5.41, 5.74) is 7.03. The van der Waals surface area contributed by atoms with E-state index in [2.05, 4.69) is 44.7 Å². The Kier molecular flexibility index (Phi) is 4.48. The van der Waals surface area contributed by atoms with E-state index in [9.17, 15) is 0 Å². The van der Waals surface area contributed by atoms with Crippen molar-refractivity contribution in [3.63, 3.8) is 0 Å². The van der Waals surface area contributed by atoms with Crippen LogP contribution in [0.4, 0.5) is 5.13 Å². The molecule has 1 aromatic rings. The molecule has 19 heavy (non-hydrogen) atoms. The van der Waals surface area contributed by atoms with Crippen LogP contribution in [0.1, 0.15) is 37.3 Å². The summed E-state index contributed by atoms with van der Waals surface area (Å²) in [5, 5.41) is 1.15. The number of anilines is 1. The zero-order valence-corrected chi connectivity index (χ0v) is 13.5. The first-order chi connectivity index (χ1) is 8.93. The molecule has 2 atom stereocenters.